The maximum Gasteiger partial charge on any atom is 0.261 e. The third-order valence-corrected chi connectivity index (χ3v) is 5.12. The van der Waals surface area contributed by atoms with Crippen molar-refractivity contribution in [2.45, 2.75) is 45.7 Å². The first-order chi connectivity index (χ1) is 15.0. The standard InChI is InChI=1S/C24H31ClN2O4/c1-4-6-14-26-24(29)22(5-2)27(16-18-10-12-20(30-3)13-11-18)23(28)17-31-21-9-7-8-19(25)15-21/h7-13,15,22H,4-6,14,16-17H2,1-3H3,(H,26,29)/t22-/m1/s1. The number of benzene rings is 2. The molecule has 2 rings (SSSR count). The summed E-state index contributed by atoms with van der Waals surface area (Å²) in [5.41, 5.74) is 0.900. The smallest absolute Gasteiger partial charge is 0.261 e. The van der Waals surface area contributed by atoms with E-state index < -0.39 is 6.04 Å². The van der Waals surface area contributed by atoms with E-state index >= 15 is 0 Å². The Morgan fingerprint density at radius 2 is 1.84 bits per heavy atom. The molecule has 0 aliphatic carbocycles. The van der Waals surface area contributed by atoms with Gasteiger partial charge in [0.1, 0.15) is 17.5 Å². The Morgan fingerprint density at radius 3 is 2.45 bits per heavy atom. The number of amides is 2. The number of hydrogen-bond acceptors (Lipinski definition) is 4. The van der Waals surface area contributed by atoms with Crippen LogP contribution in [0.4, 0.5) is 0 Å². The summed E-state index contributed by atoms with van der Waals surface area (Å²) in [6.07, 6.45) is 2.38. The van der Waals surface area contributed by atoms with E-state index in [4.69, 9.17) is 21.1 Å². The molecule has 6 nitrogen and oxygen atoms in total. The van der Waals surface area contributed by atoms with Crippen LogP contribution in [0, 0.1) is 0 Å². The van der Waals surface area contributed by atoms with Gasteiger partial charge in [-0.15, -0.1) is 0 Å². The van der Waals surface area contributed by atoms with Gasteiger partial charge < -0.3 is 19.7 Å². The lowest BCUT2D eigenvalue weighted by atomic mass is 10.1. The molecule has 1 atom stereocenters. The van der Waals surface area contributed by atoms with Crippen molar-refractivity contribution in [1.82, 2.24) is 10.2 Å². The summed E-state index contributed by atoms with van der Waals surface area (Å²) in [4.78, 5) is 27.5. The van der Waals surface area contributed by atoms with Gasteiger partial charge in [0.2, 0.25) is 5.91 Å². The lowest BCUT2D eigenvalue weighted by Gasteiger charge is -2.30. The van der Waals surface area contributed by atoms with Gasteiger partial charge in [-0.2, -0.15) is 0 Å². The predicted molar refractivity (Wildman–Crippen MR) is 122 cm³/mol. The number of halogens is 1. The third-order valence-electron chi connectivity index (χ3n) is 4.89. The molecular weight excluding hydrogens is 416 g/mol. The average molecular weight is 447 g/mol. The molecule has 0 aromatic heterocycles. The first kappa shape index (κ1) is 24.5. The Labute approximate surface area is 189 Å². The summed E-state index contributed by atoms with van der Waals surface area (Å²) >= 11 is 5.99. The molecule has 2 amide bonds. The number of methoxy groups -OCH3 is 1. The van der Waals surface area contributed by atoms with Crippen LogP contribution in [0.1, 0.15) is 38.7 Å². The molecule has 0 radical (unpaired) electrons. The molecule has 0 unspecified atom stereocenters. The quantitative estimate of drug-likeness (QED) is 0.489. The van der Waals surface area contributed by atoms with E-state index in [1.165, 1.54) is 0 Å². The summed E-state index contributed by atoms with van der Waals surface area (Å²) in [5, 5.41) is 3.47. The van der Waals surface area contributed by atoms with E-state index in [0.717, 1.165) is 24.2 Å². The molecule has 0 aliphatic rings. The van der Waals surface area contributed by atoms with Gasteiger partial charge in [0, 0.05) is 18.1 Å². The molecule has 0 spiro atoms. The monoisotopic (exact) mass is 446 g/mol. The highest BCUT2D eigenvalue weighted by Crippen LogP contribution is 2.19. The van der Waals surface area contributed by atoms with Crippen LogP contribution in [-0.2, 0) is 16.1 Å². The number of unbranched alkanes of at least 4 members (excludes halogenated alkanes) is 1. The number of ether oxygens (including phenoxy) is 2. The van der Waals surface area contributed by atoms with Crippen LogP contribution in [0.15, 0.2) is 48.5 Å². The highest BCUT2D eigenvalue weighted by molar-refractivity contribution is 6.30. The highest BCUT2D eigenvalue weighted by Gasteiger charge is 2.28. The molecule has 2 aromatic carbocycles. The number of nitrogens with zero attached hydrogens (tertiary/aromatic N) is 1. The van der Waals surface area contributed by atoms with Gasteiger partial charge in [0.15, 0.2) is 6.61 Å². The van der Waals surface area contributed by atoms with Crippen molar-refractivity contribution < 1.29 is 19.1 Å². The fourth-order valence-electron chi connectivity index (χ4n) is 3.14. The Kier molecular flexibility index (Phi) is 10.2. The number of carbonyl (C=O) groups is 2. The van der Waals surface area contributed by atoms with Gasteiger partial charge in [-0.25, -0.2) is 0 Å². The highest BCUT2D eigenvalue weighted by atomic mass is 35.5. The molecule has 0 aliphatic heterocycles. The van der Waals surface area contributed by atoms with Crippen molar-refractivity contribution in [3.05, 3.63) is 59.1 Å². The van der Waals surface area contributed by atoms with Crippen molar-refractivity contribution in [2.75, 3.05) is 20.3 Å². The predicted octanol–water partition coefficient (Wildman–Crippen LogP) is 4.45. The second-order valence-electron chi connectivity index (χ2n) is 7.18. The zero-order valence-corrected chi connectivity index (χ0v) is 19.2. The van der Waals surface area contributed by atoms with Crippen molar-refractivity contribution in [3.8, 4) is 11.5 Å². The van der Waals surface area contributed by atoms with E-state index in [2.05, 4.69) is 12.2 Å². The molecule has 0 saturated carbocycles. The first-order valence-electron chi connectivity index (χ1n) is 10.6. The van der Waals surface area contributed by atoms with Crippen LogP contribution in [0.5, 0.6) is 11.5 Å². The second kappa shape index (κ2) is 12.8. The lowest BCUT2D eigenvalue weighted by molar-refractivity contribution is -0.143. The summed E-state index contributed by atoms with van der Waals surface area (Å²) in [7, 11) is 1.60. The summed E-state index contributed by atoms with van der Waals surface area (Å²) in [6.45, 7) is 4.67. The molecule has 31 heavy (non-hydrogen) atoms. The van der Waals surface area contributed by atoms with Crippen LogP contribution in [0.25, 0.3) is 0 Å². The van der Waals surface area contributed by atoms with Gasteiger partial charge in [0.05, 0.1) is 7.11 Å². The van der Waals surface area contributed by atoms with Gasteiger partial charge in [-0.05, 0) is 48.7 Å². The number of rotatable bonds is 12. The number of hydrogen-bond donors (Lipinski definition) is 1. The zero-order chi connectivity index (χ0) is 22.6. The molecule has 0 heterocycles. The van der Waals surface area contributed by atoms with Crippen LogP contribution < -0.4 is 14.8 Å². The van der Waals surface area contributed by atoms with Gasteiger partial charge in [-0.1, -0.05) is 50.1 Å². The van der Waals surface area contributed by atoms with Gasteiger partial charge in [0.25, 0.3) is 5.91 Å². The van der Waals surface area contributed by atoms with E-state index in [1.807, 2.05) is 31.2 Å². The maximum absolute atomic E-state index is 13.1. The maximum atomic E-state index is 13.1. The van der Waals surface area contributed by atoms with Crippen molar-refractivity contribution in [2.24, 2.45) is 0 Å². The fourth-order valence-corrected chi connectivity index (χ4v) is 3.32. The Hall–Kier alpha value is -2.73. The minimum Gasteiger partial charge on any atom is -0.497 e. The van der Waals surface area contributed by atoms with Crippen LogP contribution in [-0.4, -0.2) is 43.0 Å². The van der Waals surface area contributed by atoms with Crippen molar-refractivity contribution in [3.63, 3.8) is 0 Å². The van der Waals surface area contributed by atoms with Crippen LogP contribution >= 0.6 is 11.6 Å². The van der Waals surface area contributed by atoms with Gasteiger partial charge in [-0.3, -0.25) is 9.59 Å². The largest absolute Gasteiger partial charge is 0.497 e. The first-order valence-corrected chi connectivity index (χ1v) is 10.9. The molecule has 7 heteroatoms. The van der Waals surface area contributed by atoms with Gasteiger partial charge >= 0.3 is 0 Å². The SMILES string of the molecule is CCCCNC(=O)[C@@H](CC)N(Cc1ccc(OC)cc1)C(=O)COc1cccc(Cl)c1. The summed E-state index contributed by atoms with van der Waals surface area (Å²) in [5.74, 6) is 0.815. The summed E-state index contributed by atoms with van der Waals surface area (Å²) < 4.78 is 10.9. The Bertz CT molecular complexity index is 842. The van der Waals surface area contributed by atoms with E-state index in [9.17, 15) is 9.59 Å². The topological polar surface area (TPSA) is 67.9 Å². The summed E-state index contributed by atoms with van der Waals surface area (Å²) in [6, 6.07) is 13.7. The van der Waals surface area contributed by atoms with Crippen LogP contribution in [0.2, 0.25) is 5.02 Å². The molecule has 2 aromatic rings. The van der Waals surface area contributed by atoms with Crippen LogP contribution in [0.3, 0.4) is 0 Å². The van der Waals surface area contributed by atoms with Crippen molar-refractivity contribution >= 4 is 23.4 Å². The molecular formula is C24H31ClN2O4. The Morgan fingerprint density at radius 1 is 1.10 bits per heavy atom. The van der Waals surface area contributed by atoms with E-state index in [0.29, 0.717) is 30.3 Å². The minimum absolute atomic E-state index is 0.152. The average Bonchev–Trinajstić information content (AvgIpc) is 2.78. The van der Waals surface area contributed by atoms with Crippen molar-refractivity contribution in [1.29, 1.82) is 0 Å². The zero-order valence-electron chi connectivity index (χ0n) is 18.4. The minimum atomic E-state index is -0.589. The third kappa shape index (κ3) is 7.79. The molecule has 168 valence electrons. The Balaban J connectivity index is 2.17. The molecule has 0 bridgehead atoms. The lowest BCUT2D eigenvalue weighted by Crippen LogP contribution is -2.50. The number of nitrogens with one attached hydrogen (secondary N) is 1. The number of carbonyl (C=O) groups excluding carboxylic acids is 2. The fraction of sp³-hybridized carbons (Fsp3) is 0.417. The molecule has 0 saturated heterocycles. The van der Waals surface area contributed by atoms with E-state index in [1.54, 1.807) is 36.3 Å². The molecule has 1 N–H and O–H groups in total. The van der Waals surface area contributed by atoms with E-state index in [-0.39, 0.29) is 18.4 Å². The normalized spacial score (nSPS) is 11.5. The second-order valence-corrected chi connectivity index (χ2v) is 7.62. The molecule has 0 fully saturated rings.